The number of aryl methyl sites for hydroxylation is 1. The summed E-state index contributed by atoms with van der Waals surface area (Å²) in [5, 5.41) is 4.76. The fourth-order valence-corrected chi connectivity index (χ4v) is 4.37. The van der Waals surface area contributed by atoms with Gasteiger partial charge in [-0.1, -0.05) is 0 Å². The van der Waals surface area contributed by atoms with Gasteiger partial charge in [-0.3, -0.25) is 0 Å². The quantitative estimate of drug-likeness (QED) is 0.921. The minimum atomic E-state index is 0.153. The molecule has 1 N–H and O–H groups in total. The number of nitrogens with one attached hydrogen (secondary N) is 1. The molecule has 2 rings (SSSR count). The fraction of sp³-hybridized carbons (Fsp3) is 0.800. The molecule has 114 valence electrons. The van der Waals surface area contributed by atoms with Crippen molar-refractivity contribution in [2.75, 3.05) is 23.7 Å². The van der Waals surface area contributed by atoms with Crippen LogP contribution in [0.15, 0.2) is 0 Å². The molecular weight excluding hydrogens is 286 g/mol. The monoisotopic (exact) mass is 313 g/mol. The van der Waals surface area contributed by atoms with Crippen LogP contribution < -0.4 is 10.2 Å². The van der Waals surface area contributed by atoms with Gasteiger partial charge in [-0.25, -0.2) is 4.98 Å². The Morgan fingerprint density at radius 2 is 2.05 bits per heavy atom. The van der Waals surface area contributed by atoms with Crippen LogP contribution in [0.5, 0.6) is 0 Å². The van der Waals surface area contributed by atoms with E-state index in [2.05, 4.69) is 63.5 Å². The molecule has 1 saturated heterocycles. The van der Waals surface area contributed by atoms with Gasteiger partial charge in [-0.15, -0.1) is 11.3 Å². The average molecular weight is 314 g/mol. The standard InChI is InChI=1S/C15H27N3S2/c1-11-12(9-16-14(2,3)4)20-13(17-11)18-7-8-19-15(5,6)10-18/h16H,7-10H2,1-6H3. The second-order valence-electron chi connectivity index (χ2n) is 7.14. The molecule has 1 aliphatic heterocycles. The van der Waals surface area contributed by atoms with Crippen molar-refractivity contribution in [3.63, 3.8) is 0 Å². The summed E-state index contributed by atoms with van der Waals surface area (Å²) in [6.07, 6.45) is 0. The molecule has 1 aromatic rings. The number of nitrogens with zero attached hydrogens (tertiary/aromatic N) is 2. The SMILES string of the molecule is Cc1nc(N2CCSC(C)(C)C2)sc1CNC(C)(C)C. The highest BCUT2D eigenvalue weighted by molar-refractivity contribution is 8.00. The summed E-state index contributed by atoms with van der Waals surface area (Å²) in [6.45, 7) is 16.5. The molecule has 0 atom stereocenters. The van der Waals surface area contributed by atoms with Crippen LogP contribution in [0.3, 0.4) is 0 Å². The van der Waals surface area contributed by atoms with Gasteiger partial charge in [-0.2, -0.15) is 11.8 Å². The first-order valence-corrected chi connectivity index (χ1v) is 9.07. The van der Waals surface area contributed by atoms with Crippen LogP contribution >= 0.6 is 23.1 Å². The van der Waals surface area contributed by atoms with E-state index in [0.29, 0.717) is 4.75 Å². The zero-order valence-electron chi connectivity index (χ0n) is 13.5. The Labute approximate surface area is 131 Å². The van der Waals surface area contributed by atoms with Crippen molar-refractivity contribution >= 4 is 28.2 Å². The molecule has 0 unspecified atom stereocenters. The van der Waals surface area contributed by atoms with Gasteiger partial charge >= 0.3 is 0 Å². The lowest BCUT2D eigenvalue weighted by molar-refractivity contribution is 0.425. The lowest BCUT2D eigenvalue weighted by Gasteiger charge is -2.37. The Morgan fingerprint density at radius 3 is 2.65 bits per heavy atom. The summed E-state index contributed by atoms with van der Waals surface area (Å²) in [6, 6.07) is 0. The third-order valence-corrected chi connectivity index (χ3v) is 5.87. The fourth-order valence-electron chi connectivity index (χ4n) is 2.24. The highest BCUT2D eigenvalue weighted by Gasteiger charge is 2.29. The highest BCUT2D eigenvalue weighted by atomic mass is 32.2. The predicted molar refractivity (Wildman–Crippen MR) is 92.2 cm³/mol. The van der Waals surface area contributed by atoms with Gasteiger partial charge in [0.2, 0.25) is 0 Å². The molecule has 0 bridgehead atoms. The number of hydrogen-bond acceptors (Lipinski definition) is 5. The van der Waals surface area contributed by atoms with E-state index in [4.69, 9.17) is 4.98 Å². The minimum absolute atomic E-state index is 0.153. The second-order valence-corrected chi connectivity index (χ2v) is 10.0. The Balaban J connectivity index is 2.07. The molecular formula is C15H27N3S2. The molecule has 0 amide bonds. The number of anilines is 1. The Morgan fingerprint density at radius 1 is 1.35 bits per heavy atom. The van der Waals surface area contributed by atoms with Gasteiger partial charge in [0.1, 0.15) is 0 Å². The normalized spacial score (nSPS) is 19.4. The number of thiazole rings is 1. The molecule has 2 heterocycles. The minimum Gasteiger partial charge on any atom is -0.346 e. The van der Waals surface area contributed by atoms with E-state index in [-0.39, 0.29) is 5.54 Å². The molecule has 5 heteroatoms. The van der Waals surface area contributed by atoms with Gasteiger partial charge in [0.25, 0.3) is 0 Å². The van der Waals surface area contributed by atoms with Gasteiger partial charge < -0.3 is 10.2 Å². The number of hydrogen-bond donors (Lipinski definition) is 1. The maximum Gasteiger partial charge on any atom is 0.185 e. The van der Waals surface area contributed by atoms with Crippen molar-refractivity contribution in [3.8, 4) is 0 Å². The van der Waals surface area contributed by atoms with E-state index < -0.39 is 0 Å². The molecule has 20 heavy (non-hydrogen) atoms. The van der Waals surface area contributed by atoms with Gasteiger partial charge in [0, 0.05) is 40.6 Å². The first kappa shape index (κ1) is 16.1. The largest absolute Gasteiger partial charge is 0.346 e. The van der Waals surface area contributed by atoms with Gasteiger partial charge in [0.15, 0.2) is 5.13 Å². The first-order valence-electron chi connectivity index (χ1n) is 7.26. The van der Waals surface area contributed by atoms with E-state index in [0.717, 1.165) is 19.6 Å². The van der Waals surface area contributed by atoms with Crippen LogP contribution in [-0.4, -0.2) is 34.1 Å². The lowest BCUT2D eigenvalue weighted by Crippen LogP contribution is -2.43. The zero-order valence-corrected chi connectivity index (χ0v) is 15.2. The summed E-state index contributed by atoms with van der Waals surface area (Å²) in [4.78, 5) is 8.62. The number of thioether (sulfide) groups is 1. The first-order chi connectivity index (χ1) is 9.16. The zero-order chi connectivity index (χ0) is 15.0. The van der Waals surface area contributed by atoms with Crippen LogP contribution in [0, 0.1) is 6.92 Å². The predicted octanol–water partition coefficient (Wildman–Crippen LogP) is 3.67. The van der Waals surface area contributed by atoms with E-state index in [1.54, 1.807) is 0 Å². The number of aromatic nitrogens is 1. The summed E-state index contributed by atoms with van der Waals surface area (Å²) in [5.41, 5.74) is 1.33. The van der Waals surface area contributed by atoms with Crippen molar-refractivity contribution in [1.82, 2.24) is 10.3 Å². The molecule has 1 fully saturated rings. The summed E-state index contributed by atoms with van der Waals surface area (Å²) in [5.74, 6) is 1.20. The third kappa shape index (κ3) is 4.37. The van der Waals surface area contributed by atoms with Crippen LogP contribution in [0.2, 0.25) is 0 Å². The summed E-state index contributed by atoms with van der Waals surface area (Å²) < 4.78 is 0.335. The molecule has 1 aromatic heterocycles. The maximum atomic E-state index is 4.80. The lowest BCUT2D eigenvalue weighted by atomic mass is 10.1. The van der Waals surface area contributed by atoms with Gasteiger partial charge in [-0.05, 0) is 41.5 Å². The highest BCUT2D eigenvalue weighted by Crippen LogP contribution is 2.34. The Kier molecular flexibility index (Phi) is 4.72. The van der Waals surface area contributed by atoms with Crippen LogP contribution in [0.25, 0.3) is 0 Å². The second kappa shape index (κ2) is 5.85. The molecule has 0 spiro atoms. The van der Waals surface area contributed by atoms with Crippen molar-refractivity contribution < 1.29 is 0 Å². The van der Waals surface area contributed by atoms with Crippen molar-refractivity contribution in [2.24, 2.45) is 0 Å². The van der Waals surface area contributed by atoms with E-state index in [1.165, 1.54) is 21.5 Å². The Hall–Kier alpha value is -0.260. The topological polar surface area (TPSA) is 28.2 Å². The third-order valence-electron chi connectivity index (χ3n) is 3.36. The van der Waals surface area contributed by atoms with Crippen LogP contribution in [0.4, 0.5) is 5.13 Å². The number of rotatable bonds is 3. The molecule has 0 aliphatic carbocycles. The van der Waals surface area contributed by atoms with Crippen molar-refractivity contribution in [2.45, 2.75) is 58.4 Å². The summed E-state index contributed by atoms with van der Waals surface area (Å²) >= 11 is 3.92. The molecule has 0 aromatic carbocycles. The van der Waals surface area contributed by atoms with Crippen molar-refractivity contribution in [3.05, 3.63) is 10.6 Å². The Bertz CT molecular complexity index is 460. The molecule has 0 radical (unpaired) electrons. The summed E-state index contributed by atoms with van der Waals surface area (Å²) in [7, 11) is 0. The van der Waals surface area contributed by atoms with E-state index >= 15 is 0 Å². The van der Waals surface area contributed by atoms with Gasteiger partial charge in [0.05, 0.1) is 5.69 Å². The van der Waals surface area contributed by atoms with E-state index in [1.807, 2.05) is 11.3 Å². The maximum absolute atomic E-state index is 4.80. The average Bonchev–Trinajstić information content (AvgIpc) is 2.66. The van der Waals surface area contributed by atoms with Crippen molar-refractivity contribution in [1.29, 1.82) is 0 Å². The smallest absolute Gasteiger partial charge is 0.185 e. The van der Waals surface area contributed by atoms with Crippen LogP contribution in [0.1, 0.15) is 45.2 Å². The van der Waals surface area contributed by atoms with E-state index in [9.17, 15) is 0 Å². The molecule has 0 saturated carbocycles. The molecule has 1 aliphatic rings. The molecule has 3 nitrogen and oxygen atoms in total. The van der Waals surface area contributed by atoms with Crippen LogP contribution in [-0.2, 0) is 6.54 Å².